The third kappa shape index (κ3) is 3.17. The molecule has 0 saturated carbocycles. The second kappa shape index (κ2) is 6.91. The van der Waals surface area contributed by atoms with E-state index in [-0.39, 0.29) is 5.97 Å². The lowest BCUT2D eigenvalue weighted by atomic mass is 9.97. The van der Waals surface area contributed by atoms with E-state index in [0.29, 0.717) is 5.56 Å². The highest BCUT2D eigenvalue weighted by Crippen LogP contribution is 2.35. The molecule has 0 radical (unpaired) electrons. The first-order valence-electron chi connectivity index (χ1n) is 7.65. The van der Waals surface area contributed by atoms with Gasteiger partial charge in [0.25, 0.3) is 0 Å². The van der Waals surface area contributed by atoms with Gasteiger partial charge in [0.05, 0.1) is 10.1 Å². The van der Waals surface area contributed by atoms with E-state index in [9.17, 15) is 4.79 Å². The molecular weight excluding hydrogens is 336 g/mol. The van der Waals surface area contributed by atoms with E-state index < -0.39 is 10.2 Å². The van der Waals surface area contributed by atoms with Gasteiger partial charge in [-0.05, 0) is 29.3 Å². The van der Waals surface area contributed by atoms with Crippen LogP contribution in [-0.4, -0.2) is 10.6 Å². The molecule has 1 atom stereocenters. The monoisotopic (exact) mass is 354 g/mol. The highest BCUT2D eigenvalue weighted by Gasteiger charge is 2.36. The molecule has 0 saturated heterocycles. The minimum atomic E-state index is -0.943. The summed E-state index contributed by atoms with van der Waals surface area (Å²) in [5, 5.41) is 1.87. The first-order chi connectivity index (χ1) is 11.5. The largest absolute Gasteiger partial charge is 0.449 e. The normalized spacial score (nSPS) is 13.7. The summed E-state index contributed by atoms with van der Waals surface area (Å²) in [6.45, 7) is 1.83. The summed E-state index contributed by atoms with van der Waals surface area (Å²) in [5.74, 6) is -0.383. The van der Waals surface area contributed by atoms with Crippen LogP contribution in [0.1, 0.15) is 22.8 Å². The molecule has 4 heteroatoms. The van der Waals surface area contributed by atoms with Crippen LogP contribution >= 0.6 is 25.3 Å². The number of thiol groups is 2. The molecule has 3 rings (SSSR count). The third-order valence-electron chi connectivity index (χ3n) is 4.15. The van der Waals surface area contributed by atoms with Crippen LogP contribution < -0.4 is 0 Å². The van der Waals surface area contributed by atoms with Gasteiger partial charge in [-0.3, -0.25) is 0 Å². The molecule has 0 N–H and O–H groups in total. The average Bonchev–Trinajstić information content (AvgIpc) is 2.61. The van der Waals surface area contributed by atoms with Crippen LogP contribution in [0.25, 0.3) is 10.8 Å². The topological polar surface area (TPSA) is 26.3 Å². The predicted octanol–water partition coefficient (Wildman–Crippen LogP) is 5.10. The van der Waals surface area contributed by atoms with Crippen molar-refractivity contribution in [2.75, 3.05) is 0 Å². The van der Waals surface area contributed by atoms with Crippen molar-refractivity contribution in [1.29, 1.82) is 0 Å². The van der Waals surface area contributed by atoms with E-state index >= 15 is 0 Å². The smallest absolute Gasteiger partial charge is 0.339 e. The summed E-state index contributed by atoms with van der Waals surface area (Å²) in [4.78, 5) is 12.9. The molecule has 0 heterocycles. The van der Waals surface area contributed by atoms with Crippen LogP contribution in [0.3, 0.4) is 0 Å². The van der Waals surface area contributed by atoms with Crippen molar-refractivity contribution >= 4 is 42.0 Å². The summed E-state index contributed by atoms with van der Waals surface area (Å²) in [6.07, 6.45) is 0. The lowest BCUT2D eigenvalue weighted by molar-refractivity contribution is -0.00373. The Morgan fingerprint density at radius 1 is 0.917 bits per heavy atom. The number of hydrogen-bond donors (Lipinski definition) is 2. The molecule has 0 aliphatic carbocycles. The number of hydrogen-bond acceptors (Lipinski definition) is 4. The van der Waals surface area contributed by atoms with Crippen LogP contribution in [-0.2, 0) is 10.3 Å². The van der Waals surface area contributed by atoms with Crippen molar-refractivity contribution in [3.63, 3.8) is 0 Å². The van der Waals surface area contributed by atoms with E-state index in [0.717, 1.165) is 16.3 Å². The number of fused-ring (bicyclic) bond motifs is 1. The molecule has 24 heavy (non-hydrogen) atoms. The Kier molecular flexibility index (Phi) is 4.88. The number of rotatable bonds is 4. The number of ether oxygens (including phenoxy) is 1. The van der Waals surface area contributed by atoms with Gasteiger partial charge in [-0.25, -0.2) is 4.79 Å². The standard InChI is InChI=1S/C20H18O2S2/c1-20(19(23)24,15-10-3-2-4-11-15)22-18(21)17-13-7-9-14-8-5-6-12-16(14)17/h2-13,19,23-24H,1H3. The van der Waals surface area contributed by atoms with Crippen molar-refractivity contribution in [3.8, 4) is 0 Å². The van der Waals surface area contributed by atoms with Crippen LogP contribution in [0.4, 0.5) is 0 Å². The van der Waals surface area contributed by atoms with Crippen molar-refractivity contribution in [2.24, 2.45) is 0 Å². The molecule has 0 aliphatic rings. The third-order valence-corrected chi connectivity index (χ3v) is 5.14. The lowest BCUT2D eigenvalue weighted by Crippen LogP contribution is -2.35. The fourth-order valence-electron chi connectivity index (χ4n) is 2.68. The quantitative estimate of drug-likeness (QED) is 0.387. The lowest BCUT2D eigenvalue weighted by Gasteiger charge is -2.33. The minimum absolute atomic E-state index is 0.383. The van der Waals surface area contributed by atoms with Gasteiger partial charge in [-0.1, -0.05) is 66.7 Å². The Morgan fingerprint density at radius 2 is 1.54 bits per heavy atom. The number of carbonyl (C=O) groups is 1. The highest BCUT2D eigenvalue weighted by molar-refractivity contribution is 7.99. The van der Waals surface area contributed by atoms with Crippen molar-refractivity contribution in [3.05, 3.63) is 83.9 Å². The Bertz CT molecular complexity index is 856. The fraction of sp³-hybridized carbons (Fsp3) is 0.150. The van der Waals surface area contributed by atoms with Crippen molar-refractivity contribution in [2.45, 2.75) is 17.1 Å². The zero-order chi connectivity index (χ0) is 17.2. The van der Waals surface area contributed by atoms with E-state index in [1.165, 1.54) is 0 Å². The van der Waals surface area contributed by atoms with Crippen LogP contribution in [0.5, 0.6) is 0 Å². The molecule has 0 spiro atoms. The Labute approximate surface area is 152 Å². The molecule has 0 bridgehead atoms. The first-order valence-corrected chi connectivity index (χ1v) is 8.68. The predicted molar refractivity (Wildman–Crippen MR) is 105 cm³/mol. The Morgan fingerprint density at radius 3 is 2.25 bits per heavy atom. The molecule has 1 unspecified atom stereocenters. The summed E-state index contributed by atoms with van der Waals surface area (Å²) in [7, 11) is 0. The Balaban J connectivity index is 2.00. The molecule has 0 aromatic heterocycles. The molecule has 0 amide bonds. The van der Waals surface area contributed by atoms with Crippen molar-refractivity contribution < 1.29 is 9.53 Å². The average molecular weight is 354 g/mol. The van der Waals surface area contributed by atoms with Crippen LogP contribution in [0, 0.1) is 0 Å². The van der Waals surface area contributed by atoms with Gasteiger partial charge >= 0.3 is 5.97 Å². The van der Waals surface area contributed by atoms with Gasteiger partial charge in [-0.15, -0.1) is 0 Å². The summed E-state index contributed by atoms with van der Waals surface area (Å²) >= 11 is 8.88. The van der Waals surface area contributed by atoms with Gasteiger partial charge in [0.1, 0.15) is 0 Å². The van der Waals surface area contributed by atoms with Gasteiger partial charge in [0, 0.05) is 0 Å². The van der Waals surface area contributed by atoms with E-state index in [1.54, 1.807) is 6.07 Å². The van der Waals surface area contributed by atoms with Crippen LogP contribution in [0.15, 0.2) is 72.8 Å². The molecule has 2 nitrogen and oxygen atoms in total. The maximum atomic E-state index is 12.9. The maximum absolute atomic E-state index is 12.9. The Hall–Kier alpha value is -1.91. The maximum Gasteiger partial charge on any atom is 0.339 e. The van der Waals surface area contributed by atoms with Crippen LogP contribution in [0.2, 0.25) is 0 Å². The highest BCUT2D eigenvalue weighted by atomic mass is 32.2. The van der Waals surface area contributed by atoms with Crippen molar-refractivity contribution in [1.82, 2.24) is 0 Å². The molecule has 3 aromatic rings. The molecular formula is C20H18O2S2. The first kappa shape index (κ1) is 16.9. The number of carbonyl (C=O) groups excluding carboxylic acids is 1. The van der Waals surface area contributed by atoms with E-state index in [4.69, 9.17) is 4.74 Å². The van der Waals surface area contributed by atoms with E-state index in [1.807, 2.05) is 73.7 Å². The zero-order valence-corrected chi connectivity index (χ0v) is 15.0. The van der Waals surface area contributed by atoms with Gasteiger partial charge < -0.3 is 4.74 Å². The fourth-order valence-corrected chi connectivity index (χ4v) is 3.08. The summed E-state index contributed by atoms with van der Waals surface area (Å²) in [5.41, 5.74) is 0.452. The summed E-state index contributed by atoms with van der Waals surface area (Å²) in [6, 6.07) is 22.9. The molecule has 3 aromatic carbocycles. The zero-order valence-electron chi connectivity index (χ0n) is 13.2. The van der Waals surface area contributed by atoms with E-state index in [2.05, 4.69) is 25.3 Å². The second-order valence-corrected chi connectivity index (χ2v) is 7.20. The number of benzene rings is 3. The van der Waals surface area contributed by atoms with Gasteiger partial charge in [-0.2, -0.15) is 25.3 Å². The summed E-state index contributed by atoms with van der Waals surface area (Å²) < 4.78 is 5.43. The molecule has 0 fully saturated rings. The van der Waals surface area contributed by atoms with Gasteiger partial charge in [0.2, 0.25) is 0 Å². The SMILES string of the molecule is CC(OC(=O)c1cccc2ccccc12)(c1ccccc1)C(S)S. The number of esters is 1. The van der Waals surface area contributed by atoms with Gasteiger partial charge in [0.15, 0.2) is 5.60 Å². The minimum Gasteiger partial charge on any atom is -0.449 e. The molecule has 122 valence electrons. The second-order valence-electron chi connectivity index (χ2n) is 5.76. The molecule has 0 aliphatic heterocycles.